The van der Waals surface area contributed by atoms with Crippen LogP contribution in [0.3, 0.4) is 0 Å². The molecule has 1 atom stereocenters. The summed E-state index contributed by atoms with van der Waals surface area (Å²) < 4.78 is 20.1. The number of halogens is 2. The van der Waals surface area contributed by atoms with Gasteiger partial charge in [-0.25, -0.2) is 14.4 Å². The third-order valence-corrected chi connectivity index (χ3v) is 3.53. The number of methoxy groups -OCH3 is 1. The Bertz CT molecular complexity index is 609. The Balaban J connectivity index is 2.44. The number of rotatable bonds is 6. The number of nitrogens with zero attached hydrogens (tertiary/aromatic N) is 2. The second-order valence-corrected chi connectivity index (χ2v) is 5.45. The first-order valence-corrected chi connectivity index (χ1v) is 7.49. The second-order valence-electron chi connectivity index (χ2n) is 4.54. The molecule has 1 N–H and O–H groups in total. The summed E-state index contributed by atoms with van der Waals surface area (Å²) in [6.45, 7) is 2.81. The molecule has 2 rings (SSSR count). The largest absolute Gasteiger partial charge is 0.481 e. The summed E-state index contributed by atoms with van der Waals surface area (Å²) in [5, 5.41) is 3.31. The fraction of sp³-hybridized carbons (Fsp3) is 0.333. The predicted molar refractivity (Wildman–Crippen MR) is 82.8 cm³/mol. The van der Waals surface area contributed by atoms with Gasteiger partial charge in [-0.2, -0.15) is 0 Å². The highest BCUT2D eigenvalue weighted by molar-refractivity contribution is 9.10. The van der Waals surface area contributed by atoms with Gasteiger partial charge in [0.25, 0.3) is 0 Å². The van der Waals surface area contributed by atoms with Crippen LogP contribution in [-0.4, -0.2) is 23.6 Å². The summed E-state index contributed by atoms with van der Waals surface area (Å²) in [4.78, 5) is 8.24. The lowest BCUT2D eigenvalue weighted by atomic mass is 10.0. The van der Waals surface area contributed by atoms with E-state index in [1.807, 2.05) is 0 Å². The van der Waals surface area contributed by atoms with E-state index < -0.39 is 0 Å². The number of hydrogen-bond acceptors (Lipinski definition) is 4. The average Bonchev–Trinajstić information content (AvgIpc) is 2.51. The first kappa shape index (κ1) is 15.9. The zero-order chi connectivity index (χ0) is 15.2. The van der Waals surface area contributed by atoms with Crippen molar-refractivity contribution in [3.8, 4) is 5.88 Å². The summed E-state index contributed by atoms with van der Waals surface area (Å²) in [6.07, 6.45) is 2.36. The van der Waals surface area contributed by atoms with Crippen LogP contribution in [-0.2, 0) is 0 Å². The lowest BCUT2D eigenvalue weighted by Crippen LogP contribution is -2.25. The van der Waals surface area contributed by atoms with Gasteiger partial charge in [0, 0.05) is 16.1 Å². The van der Waals surface area contributed by atoms with Gasteiger partial charge in [-0.1, -0.05) is 22.9 Å². The molecule has 0 aliphatic rings. The smallest absolute Gasteiger partial charge is 0.216 e. The minimum Gasteiger partial charge on any atom is -0.481 e. The number of ether oxygens (including phenoxy) is 1. The molecule has 0 amide bonds. The van der Waals surface area contributed by atoms with E-state index in [2.05, 4.69) is 38.1 Å². The van der Waals surface area contributed by atoms with Crippen LogP contribution in [0.1, 0.15) is 30.6 Å². The predicted octanol–water partition coefficient (Wildman–Crippen LogP) is 3.48. The summed E-state index contributed by atoms with van der Waals surface area (Å²) in [5.74, 6) is 0.183. The van der Waals surface area contributed by atoms with Gasteiger partial charge in [0.2, 0.25) is 5.88 Å². The van der Waals surface area contributed by atoms with E-state index in [9.17, 15) is 4.39 Å². The van der Waals surface area contributed by atoms with Gasteiger partial charge in [-0.05, 0) is 31.2 Å². The molecule has 112 valence electrons. The molecular weight excluding hydrogens is 337 g/mol. The van der Waals surface area contributed by atoms with Crippen molar-refractivity contribution in [3.05, 3.63) is 52.1 Å². The van der Waals surface area contributed by atoms with E-state index in [1.54, 1.807) is 25.3 Å². The Morgan fingerprint density at radius 1 is 1.33 bits per heavy atom. The highest BCUT2D eigenvalue weighted by Gasteiger charge is 2.19. The summed E-state index contributed by atoms with van der Waals surface area (Å²) in [6, 6.07) is 6.25. The molecule has 0 saturated heterocycles. The van der Waals surface area contributed by atoms with Crippen molar-refractivity contribution in [3.63, 3.8) is 0 Å². The SMILES string of the molecule is CCCNC(c1cc(OC)ncn1)c1cc(Br)ccc1F. The molecule has 0 aliphatic heterocycles. The van der Waals surface area contributed by atoms with E-state index in [-0.39, 0.29) is 11.9 Å². The minimum absolute atomic E-state index is 0.274. The molecular formula is C15H17BrFN3O. The molecule has 0 bridgehead atoms. The lowest BCUT2D eigenvalue weighted by molar-refractivity contribution is 0.394. The van der Waals surface area contributed by atoms with Gasteiger partial charge >= 0.3 is 0 Å². The molecule has 0 saturated carbocycles. The minimum atomic E-state index is -0.348. The number of nitrogens with one attached hydrogen (secondary N) is 1. The van der Waals surface area contributed by atoms with Gasteiger partial charge in [0.1, 0.15) is 12.1 Å². The highest BCUT2D eigenvalue weighted by atomic mass is 79.9. The van der Waals surface area contributed by atoms with Crippen LogP contribution in [0.4, 0.5) is 4.39 Å². The molecule has 2 aromatic rings. The number of benzene rings is 1. The van der Waals surface area contributed by atoms with Crippen LogP contribution in [0, 0.1) is 5.82 Å². The molecule has 4 nitrogen and oxygen atoms in total. The summed E-state index contributed by atoms with van der Waals surface area (Å²) in [5.41, 5.74) is 1.21. The van der Waals surface area contributed by atoms with Gasteiger partial charge in [-0.15, -0.1) is 0 Å². The first-order chi connectivity index (χ1) is 10.2. The van der Waals surface area contributed by atoms with Crippen molar-refractivity contribution >= 4 is 15.9 Å². The van der Waals surface area contributed by atoms with E-state index in [1.165, 1.54) is 12.4 Å². The van der Waals surface area contributed by atoms with Crippen LogP contribution in [0.2, 0.25) is 0 Å². The van der Waals surface area contributed by atoms with Crippen molar-refractivity contribution in [2.75, 3.05) is 13.7 Å². The third-order valence-electron chi connectivity index (χ3n) is 3.04. The second kappa shape index (κ2) is 7.47. The Kier molecular flexibility index (Phi) is 5.64. The Hall–Kier alpha value is -1.53. The summed E-state index contributed by atoms with van der Waals surface area (Å²) >= 11 is 3.38. The molecule has 1 aromatic heterocycles. The van der Waals surface area contributed by atoms with Crippen LogP contribution in [0.5, 0.6) is 5.88 Å². The van der Waals surface area contributed by atoms with Crippen LogP contribution < -0.4 is 10.1 Å². The Labute approximate surface area is 131 Å². The van der Waals surface area contributed by atoms with E-state index in [0.717, 1.165) is 17.4 Å². The fourth-order valence-corrected chi connectivity index (χ4v) is 2.40. The quantitative estimate of drug-likeness (QED) is 0.863. The molecule has 1 heterocycles. The molecule has 0 radical (unpaired) electrons. The monoisotopic (exact) mass is 353 g/mol. The van der Waals surface area contributed by atoms with Gasteiger partial charge in [0.05, 0.1) is 18.8 Å². The topological polar surface area (TPSA) is 47.0 Å². The average molecular weight is 354 g/mol. The van der Waals surface area contributed by atoms with Crippen molar-refractivity contribution in [1.29, 1.82) is 0 Å². The third kappa shape index (κ3) is 3.98. The molecule has 1 aromatic carbocycles. The zero-order valence-corrected chi connectivity index (χ0v) is 13.5. The summed E-state index contributed by atoms with van der Waals surface area (Å²) in [7, 11) is 1.54. The lowest BCUT2D eigenvalue weighted by Gasteiger charge is -2.19. The Morgan fingerprint density at radius 3 is 2.86 bits per heavy atom. The van der Waals surface area contributed by atoms with Gasteiger partial charge < -0.3 is 10.1 Å². The molecule has 21 heavy (non-hydrogen) atoms. The van der Waals surface area contributed by atoms with Gasteiger partial charge in [0.15, 0.2) is 0 Å². The normalized spacial score (nSPS) is 12.2. The zero-order valence-electron chi connectivity index (χ0n) is 11.9. The number of aromatic nitrogens is 2. The van der Waals surface area contributed by atoms with Crippen LogP contribution in [0.25, 0.3) is 0 Å². The maximum atomic E-state index is 14.2. The molecule has 0 aliphatic carbocycles. The van der Waals surface area contributed by atoms with Crippen molar-refractivity contribution in [2.24, 2.45) is 0 Å². The fourth-order valence-electron chi connectivity index (χ4n) is 2.02. The van der Waals surface area contributed by atoms with E-state index in [4.69, 9.17) is 4.74 Å². The Morgan fingerprint density at radius 2 is 2.14 bits per heavy atom. The molecule has 0 spiro atoms. The maximum absolute atomic E-state index is 14.2. The van der Waals surface area contributed by atoms with E-state index >= 15 is 0 Å². The molecule has 6 heteroatoms. The standard InChI is InChI=1S/C15H17BrFN3O/c1-3-6-18-15(11-7-10(16)4-5-12(11)17)13-8-14(21-2)20-9-19-13/h4-5,7-9,15,18H,3,6H2,1-2H3. The number of hydrogen-bond donors (Lipinski definition) is 1. The van der Waals surface area contributed by atoms with Gasteiger partial charge in [-0.3, -0.25) is 0 Å². The molecule has 1 unspecified atom stereocenters. The van der Waals surface area contributed by atoms with Crippen LogP contribution >= 0.6 is 15.9 Å². The molecule has 0 fully saturated rings. The van der Waals surface area contributed by atoms with E-state index in [0.29, 0.717) is 17.1 Å². The van der Waals surface area contributed by atoms with Crippen molar-refractivity contribution < 1.29 is 9.13 Å². The van der Waals surface area contributed by atoms with Crippen molar-refractivity contribution in [2.45, 2.75) is 19.4 Å². The first-order valence-electron chi connectivity index (χ1n) is 6.70. The van der Waals surface area contributed by atoms with Crippen LogP contribution in [0.15, 0.2) is 35.1 Å². The van der Waals surface area contributed by atoms with Crippen molar-refractivity contribution in [1.82, 2.24) is 15.3 Å². The maximum Gasteiger partial charge on any atom is 0.216 e. The highest BCUT2D eigenvalue weighted by Crippen LogP contribution is 2.27.